The van der Waals surface area contributed by atoms with Crippen molar-refractivity contribution in [3.63, 3.8) is 0 Å². The first-order valence-corrected chi connectivity index (χ1v) is 11.0. The highest BCUT2D eigenvalue weighted by atomic mass is 16.3. The Morgan fingerprint density at radius 3 is 1.18 bits per heavy atom. The first kappa shape index (κ1) is 21.1. The van der Waals surface area contributed by atoms with Crippen LogP contribution in [0.2, 0.25) is 0 Å². The predicted octanol–water partition coefficient (Wildman–Crippen LogP) is 5.56. The van der Waals surface area contributed by atoms with Gasteiger partial charge in [-0.25, -0.2) is 0 Å². The summed E-state index contributed by atoms with van der Waals surface area (Å²) in [5, 5.41) is 18.6. The molecule has 0 aromatic heterocycles. The third kappa shape index (κ3) is 5.68. The molecule has 2 nitrogen and oxygen atoms in total. The van der Waals surface area contributed by atoms with Crippen molar-refractivity contribution in [2.24, 2.45) is 10.8 Å². The Labute approximate surface area is 170 Å². The van der Waals surface area contributed by atoms with E-state index in [1.54, 1.807) is 0 Å². The summed E-state index contributed by atoms with van der Waals surface area (Å²) in [6.45, 7) is 0.750. The summed E-state index contributed by atoms with van der Waals surface area (Å²) in [5.41, 5.74) is 3.34. The van der Waals surface area contributed by atoms with Crippen LogP contribution in [0.15, 0.2) is 60.7 Å². The molecular formula is C26H36O2. The van der Waals surface area contributed by atoms with E-state index in [4.69, 9.17) is 0 Å². The maximum atomic E-state index is 9.31. The second kappa shape index (κ2) is 10.2. The summed E-state index contributed by atoms with van der Waals surface area (Å²) in [6, 6.07) is 21.1. The van der Waals surface area contributed by atoms with Gasteiger partial charge >= 0.3 is 0 Å². The quantitative estimate of drug-likeness (QED) is 0.629. The van der Waals surface area contributed by atoms with Crippen molar-refractivity contribution < 1.29 is 10.2 Å². The van der Waals surface area contributed by atoms with Crippen LogP contribution in [0.3, 0.4) is 0 Å². The fourth-order valence-electron chi connectivity index (χ4n) is 4.44. The van der Waals surface area contributed by atoms with E-state index in [2.05, 4.69) is 60.7 Å². The van der Waals surface area contributed by atoms with E-state index in [9.17, 15) is 10.2 Å². The Balaban J connectivity index is 0.000000161. The third-order valence-electron chi connectivity index (χ3n) is 7.07. The third-order valence-corrected chi connectivity index (χ3v) is 7.07. The van der Waals surface area contributed by atoms with Crippen LogP contribution in [0, 0.1) is 10.8 Å². The van der Waals surface area contributed by atoms with Gasteiger partial charge in [0.15, 0.2) is 0 Å². The van der Waals surface area contributed by atoms with Crippen LogP contribution in [0.1, 0.15) is 62.5 Å². The average Bonchev–Trinajstić information content (AvgIpc) is 2.69. The van der Waals surface area contributed by atoms with E-state index in [1.165, 1.54) is 49.7 Å². The summed E-state index contributed by atoms with van der Waals surface area (Å²) in [6.07, 6.45) is 12.0. The molecule has 2 aromatic carbocycles. The molecular weight excluding hydrogens is 344 g/mol. The summed E-state index contributed by atoms with van der Waals surface area (Å²) in [4.78, 5) is 0. The van der Waals surface area contributed by atoms with Crippen molar-refractivity contribution in [1.29, 1.82) is 0 Å². The van der Waals surface area contributed by atoms with Gasteiger partial charge in [0.05, 0.1) is 0 Å². The first-order valence-electron chi connectivity index (χ1n) is 11.0. The molecule has 0 spiro atoms. The van der Waals surface area contributed by atoms with Gasteiger partial charge in [0, 0.05) is 13.2 Å². The molecule has 0 bridgehead atoms. The number of rotatable bonds is 8. The van der Waals surface area contributed by atoms with Gasteiger partial charge in [-0.1, -0.05) is 73.5 Å². The highest BCUT2D eigenvalue weighted by Crippen LogP contribution is 2.44. The minimum atomic E-state index is 0.274. The second-order valence-corrected chi connectivity index (χ2v) is 8.99. The molecule has 2 fully saturated rings. The number of aliphatic hydroxyl groups is 2. The molecule has 0 amide bonds. The van der Waals surface area contributed by atoms with E-state index in [0.29, 0.717) is 13.2 Å². The van der Waals surface area contributed by atoms with Crippen LogP contribution in [-0.4, -0.2) is 23.4 Å². The zero-order valence-electron chi connectivity index (χ0n) is 17.2. The van der Waals surface area contributed by atoms with Gasteiger partial charge in [0.25, 0.3) is 0 Å². The molecule has 2 aliphatic rings. The van der Waals surface area contributed by atoms with Crippen molar-refractivity contribution in [1.82, 2.24) is 0 Å². The number of benzene rings is 2. The second-order valence-electron chi connectivity index (χ2n) is 8.99. The van der Waals surface area contributed by atoms with Gasteiger partial charge in [0.1, 0.15) is 0 Å². The molecule has 0 unspecified atom stereocenters. The largest absolute Gasteiger partial charge is 0.396 e. The maximum Gasteiger partial charge on any atom is 0.0487 e. The number of hydrogen-bond acceptors (Lipinski definition) is 2. The smallest absolute Gasteiger partial charge is 0.0487 e. The standard InChI is InChI=1S/2C13H18O/c2*14-11-13(8-4-9-13)10-7-12-5-2-1-3-6-12/h2*1-3,5-6,14H,4,7-11H2. The lowest BCUT2D eigenvalue weighted by atomic mass is 9.66. The van der Waals surface area contributed by atoms with Gasteiger partial charge in [-0.3, -0.25) is 0 Å². The van der Waals surface area contributed by atoms with Crippen molar-refractivity contribution in [3.8, 4) is 0 Å². The molecule has 0 radical (unpaired) electrons. The summed E-state index contributed by atoms with van der Waals surface area (Å²) in [7, 11) is 0. The lowest BCUT2D eigenvalue weighted by Crippen LogP contribution is -2.33. The van der Waals surface area contributed by atoms with Gasteiger partial charge in [-0.05, 0) is 73.3 Å². The molecule has 0 atom stereocenters. The van der Waals surface area contributed by atoms with Gasteiger partial charge in [0.2, 0.25) is 0 Å². The number of aryl methyl sites for hydroxylation is 2. The highest BCUT2D eigenvalue weighted by Gasteiger charge is 2.36. The summed E-state index contributed by atoms with van der Waals surface area (Å²) < 4.78 is 0. The van der Waals surface area contributed by atoms with Gasteiger partial charge in [-0.15, -0.1) is 0 Å². The molecule has 2 aliphatic carbocycles. The highest BCUT2D eigenvalue weighted by molar-refractivity contribution is 5.16. The molecule has 28 heavy (non-hydrogen) atoms. The van der Waals surface area contributed by atoms with Crippen molar-refractivity contribution in [2.75, 3.05) is 13.2 Å². The minimum absolute atomic E-state index is 0.274. The van der Waals surface area contributed by atoms with E-state index in [-0.39, 0.29) is 10.8 Å². The molecule has 2 N–H and O–H groups in total. The molecule has 2 aromatic rings. The normalized spacial score (nSPS) is 18.9. The zero-order chi connectivity index (χ0) is 19.7. The Kier molecular flexibility index (Phi) is 7.70. The molecule has 2 heteroatoms. The SMILES string of the molecule is OCC1(CCc2ccccc2)CCC1.OCC1(CCc2ccccc2)CCC1. The number of aliphatic hydroxyl groups excluding tert-OH is 2. The van der Waals surface area contributed by atoms with E-state index >= 15 is 0 Å². The van der Waals surface area contributed by atoms with E-state index in [1.807, 2.05) is 0 Å². The van der Waals surface area contributed by atoms with Crippen LogP contribution in [-0.2, 0) is 12.8 Å². The zero-order valence-corrected chi connectivity index (χ0v) is 17.2. The van der Waals surface area contributed by atoms with E-state index in [0.717, 1.165) is 25.7 Å². The monoisotopic (exact) mass is 380 g/mol. The van der Waals surface area contributed by atoms with Crippen molar-refractivity contribution >= 4 is 0 Å². The van der Waals surface area contributed by atoms with Crippen molar-refractivity contribution in [3.05, 3.63) is 71.8 Å². The Morgan fingerprint density at radius 1 is 0.571 bits per heavy atom. The molecule has 4 rings (SSSR count). The van der Waals surface area contributed by atoms with Crippen LogP contribution in [0.4, 0.5) is 0 Å². The van der Waals surface area contributed by atoms with Gasteiger partial charge in [-0.2, -0.15) is 0 Å². The lowest BCUT2D eigenvalue weighted by molar-refractivity contribution is 0.0365. The minimum Gasteiger partial charge on any atom is -0.396 e. The Hall–Kier alpha value is -1.64. The Morgan fingerprint density at radius 2 is 0.929 bits per heavy atom. The molecule has 0 saturated heterocycles. The van der Waals surface area contributed by atoms with Gasteiger partial charge < -0.3 is 10.2 Å². The maximum absolute atomic E-state index is 9.31. The Bertz CT molecular complexity index is 600. The fraction of sp³-hybridized carbons (Fsp3) is 0.538. The van der Waals surface area contributed by atoms with Crippen LogP contribution >= 0.6 is 0 Å². The topological polar surface area (TPSA) is 40.5 Å². The summed E-state index contributed by atoms with van der Waals surface area (Å²) >= 11 is 0. The molecule has 0 aliphatic heterocycles. The summed E-state index contributed by atoms with van der Waals surface area (Å²) in [5.74, 6) is 0. The first-order chi connectivity index (χ1) is 13.7. The fourth-order valence-corrected chi connectivity index (χ4v) is 4.44. The predicted molar refractivity (Wildman–Crippen MR) is 116 cm³/mol. The van der Waals surface area contributed by atoms with E-state index < -0.39 is 0 Å². The van der Waals surface area contributed by atoms with Crippen LogP contribution < -0.4 is 0 Å². The van der Waals surface area contributed by atoms with Crippen LogP contribution in [0.25, 0.3) is 0 Å². The van der Waals surface area contributed by atoms with Crippen LogP contribution in [0.5, 0.6) is 0 Å². The number of hydrogen-bond donors (Lipinski definition) is 2. The molecule has 2 saturated carbocycles. The average molecular weight is 381 g/mol. The molecule has 0 heterocycles. The lowest BCUT2D eigenvalue weighted by Gasteiger charge is -2.40. The molecule has 152 valence electrons. The van der Waals surface area contributed by atoms with Crippen molar-refractivity contribution in [2.45, 2.75) is 64.2 Å².